The lowest BCUT2D eigenvalue weighted by atomic mass is 10.0. The summed E-state index contributed by atoms with van der Waals surface area (Å²) in [5, 5.41) is 0. The summed E-state index contributed by atoms with van der Waals surface area (Å²) in [6.07, 6.45) is 4.28. The number of nitrogens with zero attached hydrogens (tertiary/aromatic N) is 1. The first-order valence-corrected chi connectivity index (χ1v) is 13.0. The number of benzene rings is 2. The molecular weight excluding hydrogens is 454 g/mol. The van der Waals surface area contributed by atoms with Crippen molar-refractivity contribution in [2.75, 3.05) is 13.2 Å². The van der Waals surface area contributed by atoms with E-state index in [1.807, 2.05) is 49.4 Å². The van der Waals surface area contributed by atoms with Gasteiger partial charge in [-0.15, -0.1) is 0 Å². The predicted octanol–water partition coefficient (Wildman–Crippen LogP) is 6.90. The number of aryl methyl sites for hydroxylation is 3. The van der Waals surface area contributed by atoms with Gasteiger partial charge in [0.1, 0.15) is 17.3 Å². The van der Waals surface area contributed by atoms with Crippen molar-refractivity contribution < 1.29 is 23.4 Å². The van der Waals surface area contributed by atoms with Crippen LogP contribution in [0, 0.1) is 6.92 Å². The number of carbonyl (C=O) groups is 1. The topological polar surface area (TPSA) is 70.8 Å². The van der Waals surface area contributed by atoms with Gasteiger partial charge in [-0.3, -0.25) is 0 Å². The molecule has 0 fully saturated rings. The molecule has 0 amide bonds. The molecule has 0 saturated heterocycles. The normalized spacial score (nSPS) is 11.4. The van der Waals surface area contributed by atoms with Crippen LogP contribution in [0.1, 0.15) is 70.0 Å². The Kier molecular flexibility index (Phi) is 9.57. The van der Waals surface area contributed by atoms with Crippen LogP contribution in [0.4, 0.5) is 0 Å². The molecule has 3 rings (SSSR count). The Morgan fingerprint density at radius 2 is 1.61 bits per heavy atom. The molecule has 0 N–H and O–H groups in total. The van der Waals surface area contributed by atoms with Gasteiger partial charge in [-0.25, -0.2) is 9.78 Å². The van der Waals surface area contributed by atoms with E-state index < -0.39 is 5.60 Å². The molecule has 36 heavy (non-hydrogen) atoms. The summed E-state index contributed by atoms with van der Waals surface area (Å²) in [5.74, 6) is 2.63. The summed E-state index contributed by atoms with van der Waals surface area (Å²) >= 11 is 0. The van der Waals surface area contributed by atoms with Crippen LogP contribution in [0.25, 0.3) is 11.5 Å². The first-order valence-electron chi connectivity index (χ1n) is 13.0. The zero-order valence-electron chi connectivity index (χ0n) is 22.5. The van der Waals surface area contributed by atoms with E-state index in [9.17, 15) is 4.79 Å². The molecule has 2 aromatic carbocycles. The quantitative estimate of drug-likeness (QED) is 0.241. The first kappa shape index (κ1) is 27.3. The standard InChI is InChI=1S/C30H39NO5/c1-7-13-23-19-25(36-30(5,6)29(32)33-9-3)20-24(14-8-2)27(23)34-18-17-26-21(4)35-28(31-26)22-15-11-10-12-16-22/h10-12,15-16,19-20H,7-9,13-14,17-18H2,1-6H3. The van der Waals surface area contributed by atoms with E-state index in [0.717, 1.165) is 59.6 Å². The largest absolute Gasteiger partial charge is 0.493 e. The van der Waals surface area contributed by atoms with Crippen LogP contribution in [0.15, 0.2) is 46.9 Å². The predicted molar refractivity (Wildman–Crippen MR) is 142 cm³/mol. The van der Waals surface area contributed by atoms with Crippen molar-refractivity contribution >= 4 is 5.97 Å². The molecule has 0 radical (unpaired) electrons. The second kappa shape index (κ2) is 12.6. The van der Waals surface area contributed by atoms with Crippen LogP contribution in [-0.2, 0) is 28.8 Å². The second-order valence-electron chi connectivity index (χ2n) is 9.39. The molecule has 0 atom stereocenters. The van der Waals surface area contributed by atoms with Crippen LogP contribution >= 0.6 is 0 Å². The fourth-order valence-electron chi connectivity index (χ4n) is 4.13. The Hall–Kier alpha value is -3.28. The Bertz CT molecular complexity index is 1110. The van der Waals surface area contributed by atoms with Gasteiger partial charge in [-0.05, 0) is 75.9 Å². The monoisotopic (exact) mass is 493 g/mol. The molecule has 0 aliphatic heterocycles. The third-order valence-electron chi connectivity index (χ3n) is 5.89. The van der Waals surface area contributed by atoms with Crippen molar-refractivity contribution in [3.63, 3.8) is 0 Å². The van der Waals surface area contributed by atoms with Gasteiger partial charge in [0, 0.05) is 12.0 Å². The van der Waals surface area contributed by atoms with E-state index >= 15 is 0 Å². The summed E-state index contributed by atoms with van der Waals surface area (Å²) in [6, 6.07) is 13.9. The summed E-state index contributed by atoms with van der Waals surface area (Å²) in [7, 11) is 0. The van der Waals surface area contributed by atoms with Crippen molar-refractivity contribution in [2.45, 2.75) is 79.2 Å². The average molecular weight is 494 g/mol. The first-order chi connectivity index (χ1) is 17.3. The number of carbonyl (C=O) groups excluding carboxylic acids is 1. The molecule has 6 nitrogen and oxygen atoms in total. The van der Waals surface area contributed by atoms with Crippen molar-refractivity contribution in [3.05, 3.63) is 65.0 Å². The van der Waals surface area contributed by atoms with Crippen molar-refractivity contribution in [1.29, 1.82) is 0 Å². The van der Waals surface area contributed by atoms with E-state index in [-0.39, 0.29) is 5.97 Å². The smallest absolute Gasteiger partial charge is 0.349 e. The number of ether oxygens (including phenoxy) is 3. The van der Waals surface area contributed by atoms with E-state index in [1.165, 1.54) is 0 Å². The maximum atomic E-state index is 12.4. The van der Waals surface area contributed by atoms with Gasteiger partial charge in [0.05, 0.1) is 18.9 Å². The highest BCUT2D eigenvalue weighted by Crippen LogP contribution is 2.34. The van der Waals surface area contributed by atoms with Crippen LogP contribution in [-0.4, -0.2) is 29.8 Å². The molecule has 6 heteroatoms. The van der Waals surface area contributed by atoms with Crippen molar-refractivity contribution in [1.82, 2.24) is 4.98 Å². The summed E-state index contributed by atoms with van der Waals surface area (Å²) in [4.78, 5) is 17.1. The highest BCUT2D eigenvalue weighted by molar-refractivity contribution is 5.79. The Balaban J connectivity index is 1.80. The van der Waals surface area contributed by atoms with Crippen molar-refractivity contribution in [3.8, 4) is 23.0 Å². The fraction of sp³-hybridized carbons (Fsp3) is 0.467. The average Bonchev–Trinajstić information content (AvgIpc) is 3.22. The zero-order chi connectivity index (χ0) is 26.1. The molecule has 194 valence electrons. The van der Waals surface area contributed by atoms with Gasteiger partial charge >= 0.3 is 5.97 Å². The van der Waals surface area contributed by atoms with Gasteiger partial charge in [0.15, 0.2) is 5.60 Å². The maximum absolute atomic E-state index is 12.4. The van der Waals surface area contributed by atoms with Crippen molar-refractivity contribution in [2.24, 2.45) is 0 Å². The summed E-state index contributed by atoms with van der Waals surface area (Å²) < 4.78 is 23.6. The number of oxazole rings is 1. The SMILES string of the molecule is CCCc1cc(OC(C)(C)C(=O)OCC)cc(CCC)c1OCCc1nc(-c2ccccc2)oc1C. The minimum atomic E-state index is -1.08. The number of esters is 1. The van der Waals surface area contributed by atoms with Gasteiger partial charge in [-0.1, -0.05) is 44.9 Å². The molecule has 0 bridgehead atoms. The highest BCUT2D eigenvalue weighted by atomic mass is 16.6. The number of hydrogen-bond acceptors (Lipinski definition) is 6. The van der Waals surface area contributed by atoms with Crippen LogP contribution in [0.3, 0.4) is 0 Å². The van der Waals surface area contributed by atoms with Gasteiger partial charge in [-0.2, -0.15) is 0 Å². The molecule has 1 aromatic heterocycles. The Morgan fingerprint density at radius 1 is 0.972 bits per heavy atom. The lowest BCUT2D eigenvalue weighted by molar-refractivity contribution is -0.158. The number of aromatic nitrogens is 1. The van der Waals surface area contributed by atoms with E-state index in [1.54, 1.807) is 20.8 Å². The number of hydrogen-bond donors (Lipinski definition) is 0. The third-order valence-corrected chi connectivity index (χ3v) is 5.89. The van der Waals surface area contributed by atoms with Gasteiger partial charge in [0.25, 0.3) is 0 Å². The summed E-state index contributed by atoms with van der Waals surface area (Å²) in [6.45, 7) is 12.3. The van der Waals surface area contributed by atoms with E-state index in [4.69, 9.17) is 23.6 Å². The van der Waals surface area contributed by atoms with E-state index in [2.05, 4.69) is 13.8 Å². The minimum Gasteiger partial charge on any atom is -0.493 e. The second-order valence-corrected chi connectivity index (χ2v) is 9.39. The molecule has 3 aromatic rings. The summed E-state index contributed by atoms with van der Waals surface area (Å²) in [5.41, 5.74) is 2.95. The molecular formula is C30H39NO5. The Morgan fingerprint density at radius 3 is 2.19 bits per heavy atom. The van der Waals surface area contributed by atoms with Crippen LogP contribution in [0.2, 0.25) is 0 Å². The molecule has 0 aliphatic carbocycles. The minimum absolute atomic E-state index is 0.318. The third kappa shape index (κ3) is 6.90. The number of rotatable bonds is 13. The molecule has 0 saturated carbocycles. The van der Waals surface area contributed by atoms with Crippen LogP contribution < -0.4 is 9.47 Å². The lowest BCUT2D eigenvalue weighted by Crippen LogP contribution is -2.39. The zero-order valence-corrected chi connectivity index (χ0v) is 22.5. The molecule has 0 spiro atoms. The molecule has 0 aliphatic rings. The lowest BCUT2D eigenvalue weighted by Gasteiger charge is -2.26. The fourth-order valence-corrected chi connectivity index (χ4v) is 4.13. The van der Waals surface area contributed by atoms with E-state index in [0.29, 0.717) is 31.3 Å². The Labute approximate surface area is 215 Å². The van der Waals surface area contributed by atoms with Gasteiger partial charge in [0.2, 0.25) is 5.89 Å². The van der Waals surface area contributed by atoms with Crippen LogP contribution in [0.5, 0.6) is 11.5 Å². The molecule has 0 unspecified atom stereocenters. The maximum Gasteiger partial charge on any atom is 0.349 e. The molecule has 1 heterocycles. The van der Waals surface area contributed by atoms with Gasteiger partial charge < -0.3 is 18.6 Å². The highest BCUT2D eigenvalue weighted by Gasteiger charge is 2.32.